The van der Waals surface area contributed by atoms with Gasteiger partial charge in [0.25, 0.3) is 0 Å². The van der Waals surface area contributed by atoms with E-state index < -0.39 is 5.60 Å². The lowest BCUT2D eigenvalue weighted by Crippen LogP contribution is -2.57. The van der Waals surface area contributed by atoms with Gasteiger partial charge in [-0.05, 0) is 32.7 Å². The number of nitrogens with one attached hydrogen (secondary N) is 1. The van der Waals surface area contributed by atoms with Crippen LogP contribution in [-0.2, 0) is 0 Å². The minimum atomic E-state index is -0.411. The van der Waals surface area contributed by atoms with Crippen molar-refractivity contribution in [3.8, 4) is 0 Å². The van der Waals surface area contributed by atoms with Crippen molar-refractivity contribution < 1.29 is 5.11 Å². The van der Waals surface area contributed by atoms with E-state index in [0.29, 0.717) is 0 Å². The third-order valence-electron chi connectivity index (χ3n) is 3.37. The SMILES string of the molecule is CC1(O)CCCN(C2CNC2)CC1. The molecule has 0 saturated carbocycles. The minimum Gasteiger partial charge on any atom is -0.390 e. The molecule has 2 fully saturated rings. The molecule has 0 aliphatic carbocycles. The maximum Gasteiger partial charge on any atom is 0.0632 e. The molecule has 2 rings (SSSR count). The first-order valence-electron chi connectivity index (χ1n) is 5.34. The molecule has 1 unspecified atom stereocenters. The van der Waals surface area contributed by atoms with E-state index in [2.05, 4.69) is 10.2 Å². The molecular weight excluding hydrogens is 164 g/mol. The fourth-order valence-corrected chi connectivity index (χ4v) is 2.18. The van der Waals surface area contributed by atoms with Gasteiger partial charge in [-0.25, -0.2) is 0 Å². The van der Waals surface area contributed by atoms with Gasteiger partial charge in [0.15, 0.2) is 0 Å². The highest BCUT2D eigenvalue weighted by atomic mass is 16.3. The largest absolute Gasteiger partial charge is 0.390 e. The van der Waals surface area contributed by atoms with Crippen molar-refractivity contribution in [1.82, 2.24) is 10.2 Å². The fraction of sp³-hybridized carbons (Fsp3) is 1.00. The Morgan fingerprint density at radius 3 is 2.69 bits per heavy atom. The summed E-state index contributed by atoms with van der Waals surface area (Å²) in [6.07, 6.45) is 3.04. The molecule has 3 nitrogen and oxygen atoms in total. The van der Waals surface area contributed by atoms with E-state index in [1.165, 1.54) is 6.54 Å². The van der Waals surface area contributed by atoms with Gasteiger partial charge in [-0.1, -0.05) is 0 Å². The first-order valence-corrected chi connectivity index (χ1v) is 5.34. The molecule has 2 aliphatic heterocycles. The Kier molecular flexibility index (Phi) is 2.58. The maximum absolute atomic E-state index is 9.90. The highest BCUT2D eigenvalue weighted by Gasteiger charge is 2.30. The normalized spacial score (nSPS) is 38.3. The number of likely N-dealkylation sites (tertiary alicyclic amines) is 1. The summed E-state index contributed by atoms with van der Waals surface area (Å²) in [6.45, 7) is 6.49. The van der Waals surface area contributed by atoms with Gasteiger partial charge >= 0.3 is 0 Å². The summed E-state index contributed by atoms with van der Waals surface area (Å²) in [4.78, 5) is 2.53. The van der Waals surface area contributed by atoms with Crippen LogP contribution < -0.4 is 5.32 Å². The molecule has 2 heterocycles. The Morgan fingerprint density at radius 1 is 1.31 bits per heavy atom. The minimum absolute atomic E-state index is 0.411. The Hall–Kier alpha value is -0.120. The van der Waals surface area contributed by atoms with Gasteiger partial charge in [0, 0.05) is 25.7 Å². The molecule has 0 amide bonds. The molecular formula is C10H20N2O. The van der Waals surface area contributed by atoms with E-state index in [4.69, 9.17) is 0 Å². The van der Waals surface area contributed by atoms with Crippen molar-refractivity contribution in [3.05, 3.63) is 0 Å². The van der Waals surface area contributed by atoms with Crippen molar-refractivity contribution in [2.45, 2.75) is 37.8 Å². The molecule has 3 heteroatoms. The number of rotatable bonds is 1. The summed E-state index contributed by atoms with van der Waals surface area (Å²) >= 11 is 0. The summed E-state index contributed by atoms with van der Waals surface area (Å²) in [7, 11) is 0. The summed E-state index contributed by atoms with van der Waals surface area (Å²) in [5, 5.41) is 13.2. The van der Waals surface area contributed by atoms with Crippen molar-refractivity contribution >= 4 is 0 Å². The Morgan fingerprint density at radius 2 is 2.08 bits per heavy atom. The molecule has 2 N–H and O–H groups in total. The second kappa shape index (κ2) is 3.56. The van der Waals surface area contributed by atoms with Crippen LogP contribution in [0.15, 0.2) is 0 Å². The van der Waals surface area contributed by atoms with Gasteiger partial charge in [-0.15, -0.1) is 0 Å². The predicted molar refractivity (Wildman–Crippen MR) is 52.7 cm³/mol. The van der Waals surface area contributed by atoms with Crippen LogP contribution in [0.1, 0.15) is 26.2 Å². The molecule has 13 heavy (non-hydrogen) atoms. The van der Waals surface area contributed by atoms with Gasteiger partial charge in [-0.3, -0.25) is 4.90 Å². The first-order chi connectivity index (χ1) is 6.17. The molecule has 76 valence electrons. The number of nitrogens with zero attached hydrogens (tertiary/aromatic N) is 1. The van der Waals surface area contributed by atoms with Crippen molar-refractivity contribution in [2.24, 2.45) is 0 Å². The Bertz CT molecular complexity index is 178. The molecule has 1 atom stereocenters. The molecule has 0 spiro atoms. The zero-order chi connectivity index (χ0) is 9.31. The zero-order valence-corrected chi connectivity index (χ0v) is 8.42. The van der Waals surface area contributed by atoms with E-state index in [1.54, 1.807) is 0 Å². The molecule has 0 aromatic rings. The highest BCUT2D eigenvalue weighted by Crippen LogP contribution is 2.23. The third kappa shape index (κ3) is 2.22. The van der Waals surface area contributed by atoms with Gasteiger partial charge < -0.3 is 10.4 Å². The predicted octanol–water partition coefficient (Wildman–Crippen LogP) is 0.195. The Balaban J connectivity index is 1.86. The number of hydrogen-bond donors (Lipinski definition) is 2. The number of aliphatic hydroxyl groups is 1. The van der Waals surface area contributed by atoms with Crippen LogP contribution in [-0.4, -0.2) is 47.8 Å². The summed E-state index contributed by atoms with van der Waals surface area (Å²) < 4.78 is 0. The summed E-state index contributed by atoms with van der Waals surface area (Å²) in [5.41, 5.74) is -0.411. The second-order valence-electron chi connectivity index (χ2n) is 4.70. The smallest absolute Gasteiger partial charge is 0.0632 e. The first kappa shape index (κ1) is 9.44. The van der Waals surface area contributed by atoms with Crippen LogP contribution in [0.5, 0.6) is 0 Å². The van der Waals surface area contributed by atoms with E-state index in [0.717, 1.165) is 44.9 Å². The van der Waals surface area contributed by atoms with Gasteiger partial charge in [-0.2, -0.15) is 0 Å². The molecule has 2 saturated heterocycles. The molecule has 0 radical (unpaired) electrons. The van der Waals surface area contributed by atoms with E-state index in [1.807, 2.05) is 6.92 Å². The average Bonchev–Trinajstić information content (AvgIpc) is 2.09. The fourth-order valence-electron chi connectivity index (χ4n) is 2.18. The van der Waals surface area contributed by atoms with E-state index in [9.17, 15) is 5.11 Å². The lowest BCUT2D eigenvalue weighted by Gasteiger charge is -2.37. The monoisotopic (exact) mass is 184 g/mol. The number of hydrogen-bond acceptors (Lipinski definition) is 3. The zero-order valence-electron chi connectivity index (χ0n) is 8.42. The molecule has 0 aromatic carbocycles. The van der Waals surface area contributed by atoms with Crippen LogP contribution >= 0.6 is 0 Å². The average molecular weight is 184 g/mol. The third-order valence-corrected chi connectivity index (χ3v) is 3.37. The van der Waals surface area contributed by atoms with E-state index in [-0.39, 0.29) is 0 Å². The highest BCUT2D eigenvalue weighted by molar-refractivity contribution is 4.88. The topological polar surface area (TPSA) is 35.5 Å². The van der Waals surface area contributed by atoms with E-state index >= 15 is 0 Å². The second-order valence-corrected chi connectivity index (χ2v) is 4.70. The van der Waals surface area contributed by atoms with Gasteiger partial charge in [0.2, 0.25) is 0 Å². The lowest BCUT2D eigenvalue weighted by atomic mass is 9.98. The van der Waals surface area contributed by atoms with Crippen LogP contribution in [0, 0.1) is 0 Å². The van der Waals surface area contributed by atoms with Crippen LogP contribution in [0.25, 0.3) is 0 Å². The molecule has 0 bridgehead atoms. The molecule has 2 aliphatic rings. The quantitative estimate of drug-likeness (QED) is 0.611. The van der Waals surface area contributed by atoms with Gasteiger partial charge in [0.1, 0.15) is 0 Å². The van der Waals surface area contributed by atoms with Crippen molar-refractivity contribution in [2.75, 3.05) is 26.2 Å². The lowest BCUT2D eigenvalue weighted by molar-refractivity contribution is 0.0414. The summed E-state index contributed by atoms with van der Waals surface area (Å²) in [6, 6.07) is 0.744. The van der Waals surface area contributed by atoms with Crippen LogP contribution in [0.4, 0.5) is 0 Å². The van der Waals surface area contributed by atoms with Crippen LogP contribution in [0.3, 0.4) is 0 Å². The maximum atomic E-state index is 9.90. The van der Waals surface area contributed by atoms with Gasteiger partial charge in [0.05, 0.1) is 5.60 Å². The van der Waals surface area contributed by atoms with Crippen LogP contribution in [0.2, 0.25) is 0 Å². The standard InChI is InChI=1S/C10H20N2O/c1-10(13)3-2-5-12(6-4-10)9-7-11-8-9/h9,11,13H,2-8H2,1H3. The Labute approximate surface area is 80.1 Å². The van der Waals surface area contributed by atoms with Crippen molar-refractivity contribution in [1.29, 1.82) is 0 Å². The summed E-state index contributed by atoms with van der Waals surface area (Å²) in [5.74, 6) is 0. The van der Waals surface area contributed by atoms with Crippen molar-refractivity contribution in [3.63, 3.8) is 0 Å². The molecule has 0 aromatic heterocycles.